The lowest BCUT2D eigenvalue weighted by Gasteiger charge is -2.37. The first-order chi connectivity index (χ1) is 9.28. The molecule has 0 aliphatic carbocycles. The molecule has 1 aliphatic rings. The van der Waals surface area contributed by atoms with Crippen LogP contribution in [0.1, 0.15) is 53.9 Å². The van der Waals surface area contributed by atoms with Crippen LogP contribution in [-0.4, -0.2) is 47.8 Å². The summed E-state index contributed by atoms with van der Waals surface area (Å²) in [6.45, 7) is 13.1. The zero-order valence-corrected chi connectivity index (χ0v) is 13.7. The van der Waals surface area contributed by atoms with Crippen LogP contribution in [0.2, 0.25) is 0 Å². The highest BCUT2D eigenvalue weighted by Crippen LogP contribution is 2.21. The maximum absolute atomic E-state index is 12.3. The van der Waals surface area contributed by atoms with Gasteiger partial charge in [0, 0.05) is 38.5 Å². The third-order valence-electron chi connectivity index (χ3n) is 3.96. The molecule has 0 bridgehead atoms. The molecular formula is C16H30N2O2. The molecule has 0 radical (unpaired) electrons. The topological polar surface area (TPSA) is 40.6 Å². The van der Waals surface area contributed by atoms with Crippen LogP contribution in [0.5, 0.6) is 0 Å². The summed E-state index contributed by atoms with van der Waals surface area (Å²) < 4.78 is 0. The van der Waals surface area contributed by atoms with Crippen molar-refractivity contribution < 1.29 is 9.59 Å². The molecule has 1 heterocycles. The van der Waals surface area contributed by atoms with Crippen LogP contribution >= 0.6 is 0 Å². The Morgan fingerprint density at radius 2 is 1.40 bits per heavy atom. The molecule has 1 rings (SSSR count). The fourth-order valence-corrected chi connectivity index (χ4v) is 2.64. The number of amides is 2. The predicted molar refractivity (Wildman–Crippen MR) is 81.3 cm³/mol. The fraction of sp³-hybridized carbons (Fsp3) is 0.875. The van der Waals surface area contributed by atoms with Crippen molar-refractivity contribution in [2.75, 3.05) is 26.2 Å². The van der Waals surface area contributed by atoms with Crippen LogP contribution < -0.4 is 0 Å². The molecule has 0 N–H and O–H groups in total. The first-order valence-corrected chi connectivity index (χ1v) is 7.85. The van der Waals surface area contributed by atoms with E-state index in [2.05, 4.69) is 34.6 Å². The smallest absolute Gasteiger partial charge is 0.225 e. The molecule has 1 fully saturated rings. The molecule has 0 unspecified atom stereocenters. The maximum atomic E-state index is 12.3. The van der Waals surface area contributed by atoms with Gasteiger partial charge in [0.05, 0.1) is 0 Å². The lowest BCUT2D eigenvalue weighted by molar-refractivity contribution is -0.143. The molecule has 2 amide bonds. The minimum Gasteiger partial charge on any atom is -0.339 e. The van der Waals surface area contributed by atoms with E-state index >= 15 is 0 Å². The average molecular weight is 282 g/mol. The Hall–Kier alpha value is -1.06. The summed E-state index contributed by atoms with van der Waals surface area (Å²) in [6, 6.07) is 0. The first-order valence-electron chi connectivity index (χ1n) is 7.85. The lowest BCUT2D eigenvalue weighted by Crippen LogP contribution is -2.52. The van der Waals surface area contributed by atoms with Gasteiger partial charge < -0.3 is 9.80 Å². The standard InChI is InChI=1S/C16H30N2O2/c1-6-13(7-2)15(20)18-10-8-17(9-11-18)14(19)12-16(3,4)5/h13H,6-12H2,1-5H3. The molecule has 0 aromatic rings. The molecule has 4 nitrogen and oxygen atoms in total. The minimum atomic E-state index is 0.0273. The summed E-state index contributed by atoms with van der Waals surface area (Å²) in [5.41, 5.74) is 0.0273. The maximum Gasteiger partial charge on any atom is 0.225 e. The molecule has 0 atom stereocenters. The molecule has 116 valence electrons. The van der Waals surface area contributed by atoms with Crippen LogP contribution in [-0.2, 0) is 9.59 Å². The summed E-state index contributed by atoms with van der Waals surface area (Å²) in [7, 11) is 0. The predicted octanol–water partition coefficient (Wildman–Crippen LogP) is 2.53. The van der Waals surface area contributed by atoms with E-state index in [1.54, 1.807) is 0 Å². The molecule has 0 aromatic heterocycles. The van der Waals surface area contributed by atoms with Crippen LogP contribution in [0.15, 0.2) is 0 Å². The average Bonchev–Trinajstić information content (AvgIpc) is 2.38. The van der Waals surface area contributed by atoms with Crippen molar-refractivity contribution in [2.45, 2.75) is 53.9 Å². The Balaban J connectivity index is 2.47. The summed E-state index contributed by atoms with van der Waals surface area (Å²) in [5.74, 6) is 0.622. The van der Waals surface area contributed by atoms with Gasteiger partial charge in [0.25, 0.3) is 0 Å². The monoisotopic (exact) mass is 282 g/mol. The lowest BCUT2D eigenvalue weighted by atomic mass is 9.91. The fourth-order valence-electron chi connectivity index (χ4n) is 2.64. The number of hydrogen-bond acceptors (Lipinski definition) is 2. The molecule has 4 heteroatoms. The Morgan fingerprint density at radius 1 is 0.950 bits per heavy atom. The first kappa shape index (κ1) is 17.0. The van der Waals surface area contributed by atoms with Crippen molar-refractivity contribution in [3.8, 4) is 0 Å². The largest absolute Gasteiger partial charge is 0.339 e. The van der Waals surface area contributed by atoms with Gasteiger partial charge in [-0.1, -0.05) is 34.6 Å². The van der Waals surface area contributed by atoms with Gasteiger partial charge in [0.1, 0.15) is 0 Å². The number of rotatable bonds is 4. The Bertz CT molecular complexity index is 335. The molecule has 0 saturated carbocycles. The van der Waals surface area contributed by atoms with Crippen molar-refractivity contribution in [3.05, 3.63) is 0 Å². The number of hydrogen-bond donors (Lipinski definition) is 0. The molecular weight excluding hydrogens is 252 g/mol. The third-order valence-corrected chi connectivity index (χ3v) is 3.96. The highest BCUT2D eigenvalue weighted by molar-refractivity contribution is 5.80. The SMILES string of the molecule is CCC(CC)C(=O)N1CCN(C(=O)CC(C)(C)C)CC1. The van der Waals surface area contributed by atoms with Crippen LogP contribution in [0, 0.1) is 11.3 Å². The van der Waals surface area contributed by atoms with Crippen LogP contribution in [0.3, 0.4) is 0 Å². The van der Waals surface area contributed by atoms with Gasteiger partial charge in [-0.3, -0.25) is 9.59 Å². The van der Waals surface area contributed by atoms with Crippen molar-refractivity contribution in [1.82, 2.24) is 9.80 Å². The highest BCUT2D eigenvalue weighted by Gasteiger charge is 2.28. The minimum absolute atomic E-state index is 0.0273. The normalized spacial score (nSPS) is 16.7. The number of carbonyl (C=O) groups is 2. The van der Waals surface area contributed by atoms with Crippen molar-refractivity contribution in [2.24, 2.45) is 11.3 Å². The quantitative estimate of drug-likeness (QED) is 0.795. The van der Waals surface area contributed by atoms with Gasteiger partial charge in [0.2, 0.25) is 11.8 Å². The Kier molecular flexibility index (Phi) is 6.03. The van der Waals surface area contributed by atoms with Crippen LogP contribution in [0.25, 0.3) is 0 Å². The zero-order chi connectivity index (χ0) is 15.3. The van der Waals surface area contributed by atoms with Gasteiger partial charge in [0.15, 0.2) is 0 Å². The molecule has 1 aliphatic heterocycles. The van der Waals surface area contributed by atoms with E-state index in [1.165, 1.54) is 0 Å². The highest BCUT2D eigenvalue weighted by atomic mass is 16.2. The zero-order valence-electron chi connectivity index (χ0n) is 13.7. The van der Waals surface area contributed by atoms with Crippen molar-refractivity contribution in [1.29, 1.82) is 0 Å². The second kappa shape index (κ2) is 7.09. The van der Waals surface area contributed by atoms with E-state index in [1.807, 2.05) is 9.80 Å². The van der Waals surface area contributed by atoms with Crippen LogP contribution in [0.4, 0.5) is 0 Å². The summed E-state index contributed by atoms with van der Waals surface area (Å²) in [4.78, 5) is 28.3. The Labute approximate surface area is 123 Å². The molecule has 0 spiro atoms. The van der Waals surface area contributed by atoms with E-state index in [-0.39, 0.29) is 23.1 Å². The van der Waals surface area contributed by atoms with E-state index in [0.717, 1.165) is 12.8 Å². The van der Waals surface area contributed by atoms with Gasteiger partial charge in [-0.05, 0) is 18.3 Å². The number of carbonyl (C=O) groups excluding carboxylic acids is 2. The summed E-state index contributed by atoms with van der Waals surface area (Å²) in [5, 5.41) is 0. The van der Waals surface area contributed by atoms with Gasteiger partial charge in [-0.25, -0.2) is 0 Å². The van der Waals surface area contributed by atoms with Crippen molar-refractivity contribution in [3.63, 3.8) is 0 Å². The van der Waals surface area contributed by atoms with E-state index in [4.69, 9.17) is 0 Å². The molecule has 20 heavy (non-hydrogen) atoms. The van der Waals surface area contributed by atoms with Gasteiger partial charge >= 0.3 is 0 Å². The second-order valence-corrected chi connectivity index (χ2v) is 6.96. The van der Waals surface area contributed by atoms with Gasteiger partial charge in [-0.15, -0.1) is 0 Å². The van der Waals surface area contributed by atoms with E-state index < -0.39 is 0 Å². The third kappa shape index (κ3) is 4.80. The summed E-state index contributed by atoms with van der Waals surface area (Å²) >= 11 is 0. The molecule has 0 aromatic carbocycles. The van der Waals surface area contributed by atoms with Gasteiger partial charge in [-0.2, -0.15) is 0 Å². The number of piperazine rings is 1. The second-order valence-electron chi connectivity index (χ2n) is 6.96. The Morgan fingerprint density at radius 3 is 1.80 bits per heavy atom. The number of nitrogens with zero attached hydrogens (tertiary/aromatic N) is 2. The van der Waals surface area contributed by atoms with E-state index in [0.29, 0.717) is 32.6 Å². The van der Waals surface area contributed by atoms with Crippen molar-refractivity contribution >= 4 is 11.8 Å². The summed E-state index contributed by atoms with van der Waals surface area (Å²) in [6.07, 6.45) is 2.38. The molecule has 1 saturated heterocycles. The van der Waals surface area contributed by atoms with E-state index in [9.17, 15) is 9.59 Å².